The predicted octanol–water partition coefficient (Wildman–Crippen LogP) is 2.99. The minimum atomic E-state index is -0.686. The maximum atomic E-state index is 13.3. The van der Waals surface area contributed by atoms with Crippen LogP contribution in [0, 0.1) is 17.2 Å². The van der Waals surface area contributed by atoms with Crippen LogP contribution in [-0.2, 0) is 4.79 Å². The smallest absolute Gasteiger partial charge is 0.254 e. The number of rotatable bonds is 7. The molecule has 3 aliphatic rings. The van der Waals surface area contributed by atoms with Crippen LogP contribution < -0.4 is 15.4 Å². The van der Waals surface area contributed by atoms with E-state index < -0.39 is 5.54 Å². The number of nitrogens with zero attached hydrogens (tertiary/aromatic N) is 2. The molecule has 2 saturated carbocycles. The van der Waals surface area contributed by atoms with E-state index in [1.54, 1.807) is 19.2 Å². The molecule has 0 radical (unpaired) electrons. The summed E-state index contributed by atoms with van der Waals surface area (Å²) in [6, 6.07) is 3.26. The number of aromatic nitrogens is 1. The van der Waals surface area contributed by atoms with Gasteiger partial charge in [0, 0.05) is 30.0 Å². The number of hydrogen-bond donors (Lipinski definition) is 4. The van der Waals surface area contributed by atoms with Crippen LogP contribution in [0.1, 0.15) is 87.4 Å². The normalized spacial score (nSPS) is 28.6. The lowest BCUT2D eigenvalue weighted by atomic mass is 9.74. The van der Waals surface area contributed by atoms with Gasteiger partial charge in [-0.15, -0.1) is 0 Å². The molecule has 1 aromatic rings. The number of likely N-dealkylation sites (N-methyl/N-ethyl adjacent to an activating group) is 1. The number of amides is 2. The average Bonchev–Trinajstić information content (AvgIpc) is 3.02. The summed E-state index contributed by atoms with van der Waals surface area (Å²) in [7, 11) is 1.69. The number of pyridine rings is 1. The summed E-state index contributed by atoms with van der Waals surface area (Å²) < 4.78 is 0.917. The Balaban J connectivity index is 1.40. The lowest BCUT2D eigenvalue weighted by Gasteiger charge is -2.36. The standard InChI is InChI=1S/C25H37N5O3/c1-29-23(32)25(28-24(29)26,13-10-18-6-3-2-4-7-18)17-19-8-5-9-21(16-19)27-22(31)20-11-14-30(33)15-12-20/h11-12,14-15,18-19,21H,2-10,13,16-17H2,1H3,(H3-,26,27,28,31,33)/p+1/t19-,21+,25+/m0/s1. The molecule has 0 unspecified atom stereocenters. The average molecular weight is 457 g/mol. The van der Waals surface area contributed by atoms with Crippen LogP contribution in [0.5, 0.6) is 0 Å². The van der Waals surface area contributed by atoms with Gasteiger partial charge in [0.15, 0.2) is 5.96 Å². The highest BCUT2D eigenvalue weighted by Gasteiger charge is 2.49. The van der Waals surface area contributed by atoms with Gasteiger partial charge in [0.1, 0.15) is 5.54 Å². The highest BCUT2D eigenvalue weighted by molar-refractivity contribution is 6.07. The van der Waals surface area contributed by atoms with Gasteiger partial charge in [0.25, 0.3) is 11.8 Å². The Labute approximate surface area is 196 Å². The number of guanidine groups is 1. The molecule has 1 aromatic heterocycles. The Hall–Kier alpha value is -2.64. The number of hydrogen-bond acceptors (Lipinski definition) is 4. The zero-order valence-corrected chi connectivity index (χ0v) is 19.7. The molecule has 3 atom stereocenters. The van der Waals surface area contributed by atoms with Crippen molar-refractivity contribution in [2.24, 2.45) is 11.8 Å². The molecular weight excluding hydrogens is 418 g/mol. The Kier molecular flexibility index (Phi) is 7.20. The van der Waals surface area contributed by atoms with E-state index in [1.807, 2.05) is 0 Å². The lowest BCUT2D eigenvalue weighted by Crippen LogP contribution is -2.50. The zero-order valence-electron chi connectivity index (χ0n) is 19.7. The first-order valence-corrected chi connectivity index (χ1v) is 12.5. The monoisotopic (exact) mass is 456 g/mol. The molecule has 4 N–H and O–H groups in total. The van der Waals surface area contributed by atoms with Crippen molar-refractivity contribution in [1.29, 1.82) is 5.41 Å². The second kappa shape index (κ2) is 10.1. The first-order chi connectivity index (χ1) is 15.9. The van der Waals surface area contributed by atoms with Crippen molar-refractivity contribution in [3.8, 4) is 0 Å². The molecule has 2 heterocycles. The number of carbonyl (C=O) groups is 2. The third-order valence-corrected chi connectivity index (χ3v) is 7.94. The lowest BCUT2D eigenvalue weighted by molar-refractivity contribution is -0.904. The van der Waals surface area contributed by atoms with Gasteiger partial charge in [-0.1, -0.05) is 44.9 Å². The molecule has 1 saturated heterocycles. The second-order valence-electron chi connectivity index (χ2n) is 10.3. The fraction of sp³-hybridized carbons (Fsp3) is 0.680. The zero-order chi connectivity index (χ0) is 23.4. The van der Waals surface area contributed by atoms with Crippen molar-refractivity contribution in [2.75, 3.05) is 7.05 Å². The number of nitrogens with one attached hydrogen (secondary N) is 3. The van der Waals surface area contributed by atoms with Gasteiger partial charge in [0.2, 0.25) is 12.4 Å². The summed E-state index contributed by atoms with van der Waals surface area (Å²) in [5.74, 6) is 1.10. The maximum absolute atomic E-state index is 13.3. The van der Waals surface area contributed by atoms with Crippen LogP contribution in [0.3, 0.4) is 0 Å². The van der Waals surface area contributed by atoms with Crippen molar-refractivity contribution < 1.29 is 19.5 Å². The van der Waals surface area contributed by atoms with Crippen molar-refractivity contribution in [3.05, 3.63) is 30.1 Å². The molecule has 2 amide bonds. The summed E-state index contributed by atoms with van der Waals surface area (Å²) in [4.78, 5) is 27.4. The number of carbonyl (C=O) groups excluding carboxylic acids is 2. The molecule has 0 aromatic carbocycles. The van der Waals surface area contributed by atoms with Crippen LogP contribution in [-0.4, -0.2) is 46.5 Å². The van der Waals surface area contributed by atoms with E-state index in [1.165, 1.54) is 49.4 Å². The first-order valence-electron chi connectivity index (χ1n) is 12.5. The topological polar surface area (TPSA) is 109 Å². The van der Waals surface area contributed by atoms with Crippen LogP contribution in [0.15, 0.2) is 24.5 Å². The van der Waals surface area contributed by atoms with E-state index in [2.05, 4.69) is 10.6 Å². The largest absolute Gasteiger partial charge is 0.349 e. The molecule has 3 fully saturated rings. The van der Waals surface area contributed by atoms with E-state index in [9.17, 15) is 14.8 Å². The van der Waals surface area contributed by atoms with Gasteiger partial charge >= 0.3 is 0 Å². The quantitative estimate of drug-likeness (QED) is 0.373. The highest BCUT2D eigenvalue weighted by Crippen LogP contribution is 2.38. The van der Waals surface area contributed by atoms with Gasteiger partial charge in [-0.25, -0.2) is 0 Å². The molecule has 33 heavy (non-hydrogen) atoms. The van der Waals surface area contributed by atoms with Crippen LogP contribution in [0.2, 0.25) is 0 Å². The van der Waals surface area contributed by atoms with Crippen LogP contribution in [0.25, 0.3) is 0 Å². The third-order valence-electron chi connectivity index (χ3n) is 7.94. The van der Waals surface area contributed by atoms with Gasteiger partial charge in [-0.3, -0.25) is 25.1 Å². The summed E-state index contributed by atoms with van der Waals surface area (Å²) >= 11 is 0. The SMILES string of the molecule is CN1C(=N)N[C@](CCC2CCCCC2)(C[C@H]2CCC[C@@H](NC(=O)c3cc[n+](O)cc3)C2)C1=O. The van der Waals surface area contributed by atoms with Crippen molar-refractivity contribution in [1.82, 2.24) is 15.5 Å². The second-order valence-corrected chi connectivity index (χ2v) is 10.3. The minimum Gasteiger partial charge on any atom is -0.349 e. The summed E-state index contributed by atoms with van der Waals surface area (Å²) in [6.07, 6.45) is 15.7. The fourth-order valence-corrected chi connectivity index (χ4v) is 6.06. The first kappa shape index (κ1) is 23.5. The molecule has 2 aliphatic carbocycles. The fourth-order valence-electron chi connectivity index (χ4n) is 6.06. The Morgan fingerprint density at radius 2 is 1.88 bits per heavy atom. The highest BCUT2D eigenvalue weighted by atomic mass is 16.5. The third kappa shape index (κ3) is 5.47. The van der Waals surface area contributed by atoms with E-state index >= 15 is 0 Å². The van der Waals surface area contributed by atoms with Gasteiger partial charge < -0.3 is 10.6 Å². The molecule has 8 nitrogen and oxygen atoms in total. The Morgan fingerprint density at radius 3 is 2.55 bits per heavy atom. The van der Waals surface area contributed by atoms with Crippen molar-refractivity contribution in [2.45, 2.75) is 88.6 Å². The molecule has 4 rings (SSSR count). The molecule has 180 valence electrons. The van der Waals surface area contributed by atoms with E-state index in [0.29, 0.717) is 23.8 Å². The van der Waals surface area contributed by atoms with Crippen molar-refractivity contribution >= 4 is 17.8 Å². The Morgan fingerprint density at radius 1 is 1.18 bits per heavy atom. The van der Waals surface area contributed by atoms with Crippen LogP contribution >= 0.6 is 0 Å². The van der Waals surface area contributed by atoms with Gasteiger partial charge in [-0.2, -0.15) is 0 Å². The predicted molar refractivity (Wildman–Crippen MR) is 124 cm³/mol. The summed E-state index contributed by atoms with van der Waals surface area (Å²) in [5, 5.41) is 24.0. The van der Waals surface area contributed by atoms with Crippen LogP contribution in [0.4, 0.5) is 0 Å². The molecular formula is C25H38N5O3+. The summed E-state index contributed by atoms with van der Waals surface area (Å²) in [5.41, 5.74) is -0.164. The van der Waals surface area contributed by atoms with Crippen molar-refractivity contribution in [3.63, 3.8) is 0 Å². The van der Waals surface area contributed by atoms with E-state index in [0.717, 1.165) is 43.3 Å². The summed E-state index contributed by atoms with van der Waals surface area (Å²) in [6.45, 7) is 0. The maximum Gasteiger partial charge on any atom is 0.254 e. The molecule has 8 heteroatoms. The molecule has 1 aliphatic heterocycles. The van der Waals surface area contributed by atoms with E-state index in [-0.39, 0.29) is 23.8 Å². The molecule has 0 bridgehead atoms. The van der Waals surface area contributed by atoms with Gasteiger partial charge in [-0.05, 0) is 43.9 Å². The Bertz CT molecular complexity index is 867. The molecule has 0 spiro atoms. The minimum absolute atomic E-state index is 0.0241. The van der Waals surface area contributed by atoms with E-state index in [4.69, 9.17) is 5.41 Å². The van der Waals surface area contributed by atoms with Gasteiger partial charge in [0.05, 0.1) is 5.56 Å².